The van der Waals surface area contributed by atoms with Crippen molar-refractivity contribution in [3.8, 4) is 5.75 Å². The van der Waals surface area contributed by atoms with Gasteiger partial charge in [-0.25, -0.2) is 9.97 Å². The van der Waals surface area contributed by atoms with Gasteiger partial charge in [-0.15, -0.1) is 11.3 Å². The van der Waals surface area contributed by atoms with E-state index in [9.17, 15) is 4.79 Å². The number of aromatic nitrogens is 2. The van der Waals surface area contributed by atoms with Crippen molar-refractivity contribution >= 4 is 33.3 Å². The van der Waals surface area contributed by atoms with Crippen LogP contribution in [0.4, 0.5) is 5.82 Å². The summed E-state index contributed by atoms with van der Waals surface area (Å²) in [5.41, 5.74) is 2.18. The van der Waals surface area contributed by atoms with E-state index < -0.39 is 0 Å². The van der Waals surface area contributed by atoms with Crippen molar-refractivity contribution < 1.29 is 14.3 Å². The Hall–Kier alpha value is -2.67. The summed E-state index contributed by atoms with van der Waals surface area (Å²) >= 11 is 1.60. The van der Waals surface area contributed by atoms with Crippen molar-refractivity contribution in [2.24, 2.45) is 0 Å². The first-order valence-electron chi connectivity index (χ1n) is 8.22. The molecule has 1 aromatic carbocycles. The molecule has 6 nitrogen and oxygen atoms in total. The van der Waals surface area contributed by atoms with Crippen LogP contribution in [-0.2, 0) is 22.5 Å². The largest absolute Gasteiger partial charge is 0.496 e. The molecular weight excluding hydrogens is 350 g/mol. The summed E-state index contributed by atoms with van der Waals surface area (Å²) in [5, 5.41) is 4.38. The first-order valence-corrected chi connectivity index (χ1v) is 9.04. The molecule has 0 fully saturated rings. The second kappa shape index (κ2) is 7.70. The average Bonchev–Trinajstić information content (AvgIpc) is 2.93. The molecule has 26 heavy (non-hydrogen) atoms. The van der Waals surface area contributed by atoms with Gasteiger partial charge in [-0.3, -0.25) is 4.79 Å². The van der Waals surface area contributed by atoms with Crippen molar-refractivity contribution in [1.29, 1.82) is 0 Å². The Morgan fingerprint density at radius 1 is 1.19 bits per heavy atom. The Morgan fingerprint density at radius 2 is 1.96 bits per heavy atom. The summed E-state index contributed by atoms with van der Waals surface area (Å²) in [6.45, 7) is 4.68. The van der Waals surface area contributed by atoms with Crippen molar-refractivity contribution in [1.82, 2.24) is 9.97 Å². The van der Waals surface area contributed by atoms with E-state index in [4.69, 9.17) is 9.47 Å². The Kier molecular flexibility index (Phi) is 5.37. The van der Waals surface area contributed by atoms with Crippen molar-refractivity contribution in [3.63, 3.8) is 0 Å². The van der Waals surface area contributed by atoms with Crippen molar-refractivity contribution in [3.05, 3.63) is 46.1 Å². The minimum atomic E-state index is -0.356. The zero-order chi connectivity index (χ0) is 18.7. The van der Waals surface area contributed by atoms with Gasteiger partial charge in [-0.05, 0) is 25.5 Å². The highest BCUT2D eigenvalue weighted by molar-refractivity contribution is 7.18. The van der Waals surface area contributed by atoms with E-state index in [1.165, 1.54) is 12.0 Å². The van der Waals surface area contributed by atoms with Crippen LogP contribution in [0.5, 0.6) is 5.75 Å². The number of thiophene rings is 1. The van der Waals surface area contributed by atoms with Gasteiger partial charge in [0.25, 0.3) is 0 Å². The number of benzene rings is 1. The maximum absolute atomic E-state index is 11.6. The summed E-state index contributed by atoms with van der Waals surface area (Å²) < 4.78 is 10.2. The molecule has 3 rings (SSSR count). The maximum atomic E-state index is 11.6. The van der Waals surface area contributed by atoms with Gasteiger partial charge in [-0.1, -0.05) is 18.2 Å². The number of carbonyl (C=O) groups is 1. The first kappa shape index (κ1) is 18.1. The van der Waals surface area contributed by atoms with Crippen molar-refractivity contribution in [2.75, 3.05) is 19.5 Å². The molecule has 0 atom stereocenters. The number of esters is 1. The molecule has 0 aliphatic rings. The summed E-state index contributed by atoms with van der Waals surface area (Å²) in [7, 11) is 3.02. The molecule has 0 radical (unpaired) electrons. The van der Waals surface area contributed by atoms with Gasteiger partial charge in [0.2, 0.25) is 0 Å². The number of fused-ring (bicyclic) bond motifs is 1. The quantitative estimate of drug-likeness (QED) is 0.667. The lowest BCUT2D eigenvalue weighted by Gasteiger charge is -2.12. The summed E-state index contributed by atoms with van der Waals surface area (Å²) in [6.07, 6.45) is 0.0474. The number of para-hydroxylation sites is 1. The molecule has 2 aromatic heterocycles. The van der Waals surface area contributed by atoms with E-state index in [-0.39, 0.29) is 12.4 Å². The second-order valence-corrected chi connectivity index (χ2v) is 7.07. The predicted molar refractivity (Wildman–Crippen MR) is 103 cm³/mol. The molecule has 0 unspecified atom stereocenters. The number of nitrogens with one attached hydrogen (secondary N) is 1. The molecule has 0 amide bonds. The zero-order valence-corrected chi connectivity index (χ0v) is 16.1. The minimum Gasteiger partial charge on any atom is -0.496 e. The summed E-state index contributed by atoms with van der Waals surface area (Å²) in [4.78, 5) is 22.8. The molecule has 136 valence electrons. The van der Waals surface area contributed by atoms with Gasteiger partial charge >= 0.3 is 5.97 Å². The van der Waals surface area contributed by atoms with E-state index >= 15 is 0 Å². The lowest BCUT2D eigenvalue weighted by atomic mass is 10.2. The van der Waals surface area contributed by atoms with Crippen molar-refractivity contribution in [2.45, 2.75) is 26.8 Å². The minimum absolute atomic E-state index is 0.0474. The molecule has 0 aliphatic carbocycles. The molecular formula is C19H21N3O3S. The lowest BCUT2D eigenvalue weighted by molar-refractivity contribution is -0.139. The average molecular weight is 371 g/mol. The fraction of sp³-hybridized carbons (Fsp3) is 0.316. The number of rotatable bonds is 6. The molecule has 0 saturated carbocycles. The van der Waals surface area contributed by atoms with Gasteiger partial charge < -0.3 is 14.8 Å². The maximum Gasteiger partial charge on any atom is 0.313 e. The molecule has 0 saturated heterocycles. The number of ether oxygens (including phenoxy) is 2. The molecule has 0 aliphatic heterocycles. The molecule has 7 heteroatoms. The highest BCUT2D eigenvalue weighted by atomic mass is 32.1. The monoisotopic (exact) mass is 371 g/mol. The van der Waals surface area contributed by atoms with Crippen LogP contribution in [0, 0.1) is 13.8 Å². The third-order valence-electron chi connectivity index (χ3n) is 4.24. The highest BCUT2D eigenvalue weighted by Crippen LogP contribution is 2.33. The van der Waals surface area contributed by atoms with Crippen LogP contribution in [-0.4, -0.2) is 30.2 Å². The van der Waals surface area contributed by atoms with Crippen LogP contribution in [0.15, 0.2) is 24.3 Å². The third-order valence-corrected chi connectivity index (χ3v) is 5.35. The van der Waals surface area contributed by atoms with Crippen LogP contribution < -0.4 is 10.1 Å². The molecule has 1 N–H and O–H groups in total. The van der Waals surface area contributed by atoms with Crippen LogP contribution in [0.3, 0.4) is 0 Å². The Balaban J connectivity index is 1.98. The summed E-state index contributed by atoms with van der Waals surface area (Å²) in [6, 6.07) is 7.84. The normalized spacial score (nSPS) is 10.8. The van der Waals surface area contributed by atoms with Gasteiger partial charge in [0, 0.05) is 17.0 Å². The first-order chi connectivity index (χ1) is 12.5. The van der Waals surface area contributed by atoms with Gasteiger partial charge in [-0.2, -0.15) is 0 Å². The fourth-order valence-electron chi connectivity index (χ4n) is 2.73. The zero-order valence-electron chi connectivity index (χ0n) is 15.3. The number of aryl methyl sites for hydroxylation is 2. The Labute approximate surface area is 156 Å². The van der Waals surface area contributed by atoms with Gasteiger partial charge in [0.1, 0.15) is 28.6 Å². The third kappa shape index (κ3) is 3.62. The van der Waals surface area contributed by atoms with E-state index in [0.29, 0.717) is 12.4 Å². The highest BCUT2D eigenvalue weighted by Gasteiger charge is 2.16. The number of carbonyl (C=O) groups excluding carboxylic acids is 1. The summed E-state index contributed by atoms with van der Waals surface area (Å²) in [5.74, 6) is 1.64. The van der Waals surface area contributed by atoms with Crippen LogP contribution in [0.1, 0.15) is 21.8 Å². The molecule has 2 heterocycles. The van der Waals surface area contributed by atoms with Crippen LogP contribution in [0.25, 0.3) is 10.2 Å². The van der Waals surface area contributed by atoms with E-state index in [0.717, 1.165) is 32.9 Å². The Morgan fingerprint density at radius 3 is 2.69 bits per heavy atom. The van der Waals surface area contributed by atoms with Gasteiger partial charge in [0.15, 0.2) is 0 Å². The van der Waals surface area contributed by atoms with Crippen LogP contribution in [0.2, 0.25) is 0 Å². The van der Waals surface area contributed by atoms with E-state index in [1.54, 1.807) is 18.4 Å². The fourth-order valence-corrected chi connectivity index (χ4v) is 3.78. The standard InChI is InChI=1S/C19H21N3O3S/c1-11-12(2)26-19-17(11)18(21-15(22-19)9-16(23)25-4)20-10-13-7-5-6-8-14(13)24-3/h5-8H,9-10H2,1-4H3,(H,20,21,22). The Bertz CT molecular complexity index is 953. The van der Waals surface area contributed by atoms with Crippen LogP contribution >= 0.6 is 11.3 Å². The number of hydrogen-bond acceptors (Lipinski definition) is 7. The van der Waals surface area contributed by atoms with E-state index in [2.05, 4.69) is 29.1 Å². The topological polar surface area (TPSA) is 73.3 Å². The lowest BCUT2D eigenvalue weighted by Crippen LogP contribution is -2.10. The second-order valence-electron chi connectivity index (χ2n) is 5.87. The predicted octanol–water partition coefficient (Wildman–Crippen LogP) is 3.64. The van der Waals surface area contributed by atoms with E-state index in [1.807, 2.05) is 24.3 Å². The number of anilines is 1. The SMILES string of the molecule is COC(=O)Cc1nc(NCc2ccccc2OC)c2c(C)c(C)sc2n1. The number of methoxy groups -OCH3 is 2. The van der Waals surface area contributed by atoms with Gasteiger partial charge in [0.05, 0.1) is 19.6 Å². The molecule has 0 bridgehead atoms. The number of hydrogen-bond donors (Lipinski definition) is 1. The number of nitrogens with zero attached hydrogens (tertiary/aromatic N) is 2. The smallest absolute Gasteiger partial charge is 0.313 e. The molecule has 0 spiro atoms. The molecule has 3 aromatic rings.